The van der Waals surface area contributed by atoms with Crippen LogP contribution in [0.25, 0.3) is 0 Å². The number of thiol groups is 2. The lowest BCUT2D eigenvalue weighted by Crippen LogP contribution is -2.00. The maximum Gasteiger partial charge on any atom is 0.303 e. The molecule has 0 heterocycles. The van der Waals surface area contributed by atoms with E-state index in [2.05, 4.69) is 25.3 Å². The van der Waals surface area contributed by atoms with Gasteiger partial charge in [0.05, 0.1) is 0 Å². The van der Waals surface area contributed by atoms with Gasteiger partial charge in [-0.05, 0) is 22.7 Å². The highest BCUT2D eigenvalue weighted by Crippen LogP contribution is 2.19. The molecule has 0 aliphatic rings. The summed E-state index contributed by atoms with van der Waals surface area (Å²) in [5.74, 6) is -0.580. The van der Waals surface area contributed by atoms with E-state index in [1.165, 1.54) is 0 Å². The molecule has 0 fully saturated rings. The van der Waals surface area contributed by atoms with Gasteiger partial charge in [0, 0.05) is 6.42 Å². The van der Waals surface area contributed by atoms with Crippen LogP contribution < -0.4 is 0 Å². The Labute approximate surface area is 77.5 Å². The van der Waals surface area contributed by atoms with Crippen LogP contribution in [-0.2, 0) is 4.79 Å². The summed E-state index contributed by atoms with van der Waals surface area (Å²) in [6.45, 7) is 1.93. The van der Waals surface area contributed by atoms with E-state index in [0.29, 0.717) is 6.42 Å². The van der Waals surface area contributed by atoms with Gasteiger partial charge in [-0.3, -0.25) is 4.79 Å². The summed E-state index contributed by atoms with van der Waals surface area (Å²) in [4.78, 5) is 11.0. The van der Waals surface area contributed by atoms with Crippen LogP contribution in [0.1, 0.15) is 19.8 Å². The number of hydrogen-bond donors (Lipinski definition) is 3. The molecule has 4 heteroatoms. The van der Waals surface area contributed by atoms with E-state index in [4.69, 9.17) is 5.11 Å². The van der Waals surface area contributed by atoms with Crippen LogP contribution in [0.5, 0.6) is 0 Å². The fraction of sp³-hybridized carbons (Fsp3) is 0.571. The van der Waals surface area contributed by atoms with E-state index in [-0.39, 0.29) is 12.3 Å². The third-order valence-corrected chi connectivity index (χ3v) is 2.48. The van der Waals surface area contributed by atoms with Crippen molar-refractivity contribution >= 4 is 31.2 Å². The van der Waals surface area contributed by atoms with Crippen LogP contribution >= 0.6 is 25.3 Å². The van der Waals surface area contributed by atoms with E-state index in [9.17, 15) is 4.79 Å². The van der Waals surface area contributed by atoms with Crippen LogP contribution in [0.2, 0.25) is 0 Å². The van der Waals surface area contributed by atoms with Crippen LogP contribution in [0, 0.1) is 5.92 Å². The minimum absolute atomic E-state index is 0.187. The molecule has 0 saturated heterocycles. The summed E-state index contributed by atoms with van der Waals surface area (Å²) < 4.78 is 0. The summed E-state index contributed by atoms with van der Waals surface area (Å²) >= 11 is 8.03. The highest BCUT2D eigenvalue weighted by molar-refractivity contribution is 7.87. The molecule has 11 heavy (non-hydrogen) atoms. The van der Waals surface area contributed by atoms with Gasteiger partial charge in [-0.15, -0.1) is 12.6 Å². The molecule has 0 radical (unpaired) electrons. The summed E-state index contributed by atoms with van der Waals surface area (Å²) in [5, 5.41) is 9.95. The second-order valence-electron chi connectivity index (χ2n) is 2.39. The lowest BCUT2D eigenvalue weighted by Gasteiger charge is -2.07. The first-order chi connectivity index (χ1) is 5.07. The molecule has 0 aromatic carbocycles. The van der Waals surface area contributed by atoms with E-state index in [1.54, 1.807) is 5.41 Å². The third kappa shape index (κ3) is 5.21. The Kier molecular flexibility index (Phi) is 5.50. The van der Waals surface area contributed by atoms with Crippen LogP contribution in [0.3, 0.4) is 0 Å². The lowest BCUT2D eigenvalue weighted by molar-refractivity contribution is -0.137. The maximum absolute atomic E-state index is 10.2. The van der Waals surface area contributed by atoms with Crippen LogP contribution in [0.15, 0.2) is 10.3 Å². The standard InChI is InChI=1S/C7H12O2S2/c1-5(6(11)4-10)2-3-7(8)9/h4-5,10-11H,2-3H2,1H3,(H,8,9). The molecule has 2 nitrogen and oxygen atoms in total. The summed E-state index contributed by atoms with van der Waals surface area (Å²) in [5.41, 5.74) is 0. The summed E-state index contributed by atoms with van der Waals surface area (Å²) in [7, 11) is 0. The first-order valence-electron chi connectivity index (χ1n) is 3.33. The Bertz CT molecular complexity index is 166. The molecule has 0 saturated carbocycles. The molecule has 1 atom stereocenters. The normalized spacial score (nSPS) is 14.6. The van der Waals surface area contributed by atoms with Crippen molar-refractivity contribution in [3.63, 3.8) is 0 Å². The number of allylic oxidation sites excluding steroid dienone is 1. The Balaban J connectivity index is 3.69. The monoisotopic (exact) mass is 192 g/mol. The van der Waals surface area contributed by atoms with Gasteiger partial charge in [0.2, 0.25) is 0 Å². The third-order valence-electron chi connectivity index (χ3n) is 1.43. The van der Waals surface area contributed by atoms with Crippen molar-refractivity contribution in [3.8, 4) is 0 Å². The average molecular weight is 192 g/mol. The number of rotatable bonds is 4. The van der Waals surface area contributed by atoms with E-state index >= 15 is 0 Å². The Morgan fingerprint density at radius 2 is 2.27 bits per heavy atom. The SMILES string of the molecule is CC(CCC(=O)O)C(S)=CS. The number of hydrogen-bond acceptors (Lipinski definition) is 3. The largest absolute Gasteiger partial charge is 0.481 e. The minimum atomic E-state index is -0.767. The van der Waals surface area contributed by atoms with E-state index < -0.39 is 5.97 Å². The van der Waals surface area contributed by atoms with Gasteiger partial charge in [0.15, 0.2) is 0 Å². The molecule has 1 unspecified atom stereocenters. The first kappa shape index (κ1) is 10.9. The molecule has 0 aromatic rings. The van der Waals surface area contributed by atoms with Crippen LogP contribution in [-0.4, -0.2) is 11.1 Å². The molecule has 64 valence electrons. The second kappa shape index (κ2) is 5.55. The van der Waals surface area contributed by atoms with Gasteiger partial charge >= 0.3 is 5.97 Å². The van der Waals surface area contributed by atoms with Crippen molar-refractivity contribution in [1.82, 2.24) is 0 Å². The molecule has 0 aliphatic heterocycles. The van der Waals surface area contributed by atoms with Gasteiger partial charge in [0.25, 0.3) is 0 Å². The topological polar surface area (TPSA) is 37.3 Å². The van der Waals surface area contributed by atoms with Crippen molar-refractivity contribution in [1.29, 1.82) is 0 Å². The predicted octanol–water partition coefficient (Wildman–Crippen LogP) is 2.19. The predicted molar refractivity (Wildman–Crippen MR) is 52.1 cm³/mol. The molecule has 0 rings (SSSR count). The molecule has 0 bridgehead atoms. The van der Waals surface area contributed by atoms with Crippen molar-refractivity contribution in [3.05, 3.63) is 10.3 Å². The summed E-state index contributed by atoms with van der Waals surface area (Å²) in [6.07, 6.45) is 0.804. The van der Waals surface area contributed by atoms with Crippen molar-refractivity contribution in [2.24, 2.45) is 5.92 Å². The summed E-state index contributed by atoms with van der Waals surface area (Å²) in [6, 6.07) is 0. The molecular weight excluding hydrogens is 180 g/mol. The zero-order valence-electron chi connectivity index (χ0n) is 6.32. The number of carbonyl (C=O) groups is 1. The Morgan fingerprint density at radius 1 is 1.73 bits per heavy atom. The molecular formula is C7H12O2S2. The zero-order chi connectivity index (χ0) is 8.85. The molecule has 0 spiro atoms. The van der Waals surface area contributed by atoms with Gasteiger partial charge < -0.3 is 5.11 Å². The smallest absolute Gasteiger partial charge is 0.303 e. The van der Waals surface area contributed by atoms with E-state index in [1.807, 2.05) is 6.92 Å². The van der Waals surface area contributed by atoms with Gasteiger partial charge in [-0.1, -0.05) is 6.92 Å². The highest BCUT2D eigenvalue weighted by atomic mass is 32.1. The van der Waals surface area contributed by atoms with Crippen molar-refractivity contribution in [2.75, 3.05) is 0 Å². The van der Waals surface area contributed by atoms with E-state index in [0.717, 1.165) is 4.91 Å². The van der Waals surface area contributed by atoms with Crippen LogP contribution in [0.4, 0.5) is 0 Å². The van der Waals surface area contributed by atoms with Gasteiger partial charge in [-0.25, -0.2) is 0 Å². The van der Waals surface area contributed by atoms with Crippen molar-refractivity contribution in [2.45, 2.75) is 19.8 Å². The number of carboxylic acids is 1. The fourth-order valence-electron chi connectivity index (χ4n) is 0.615. The second-order valence-corrected chi connectivity index (χ2v) is 3.16. The quantitative estimate of drug-likeness (QED) is 0.597. The molecule has 0 aliphatic carbocycles. The Morgan fingerprint density at radius 3 is 2.64 bits per heavy atom. The fourth-order valence-corrected chi connectivity index (χ4v) is 0.999. The Hall–Kier alpha value is -0.0900. The average Bonchev–Trinajstić information content (AvgIpc) is 1.98. The molecule has 1 N–H and O–H groups in total. The lowest BCUT2D eigenvalue weighted by atomic mass is 10.1. The van der Waals surface area contributed by atoms with Gasteiger partial charge in [0.1, 0.15) is 0 Å². The zero-order valence-corrected chi connectivity index (χ0v) is 8.11. The maximum atomic E-state index is 10.2. The number of aliphatic carboxylic acids is 1. The molecule has 0 amide bonds. The van der Waals surface area contributed by atoms with Crippen molar-refractivity contribution < 1.29 is 9.90 Å². The molecule has 0 aromatic heterocycles. The highest BCUT2D eigenvalue weighted by Gasteiger charge is 2.06. The first-order valence-corrected chi connectivity index (χ1v) is 4.29. The van der Waals surface area contributed by atoms with Gasteiger partial charge in [-0.2, -0.15) is 12.6 Å². The minimum Gasteiger partial charge on any atom is -0.481 e. The number of carboxylic acid groups (broad SMARTS) is 1.